The summed E-state index contributed by atoms with van der Waals surface area (Å²) in [6.45, 7) is 4.75. The number of para-hydroxylation sites is 1. The van der Waals surface area contributed by atoms with Crippen molar-refractivity contribution in [1.29, 1.82) is 0 Å². The Hall–Kier alpha value is -1.57. The third kappa shape index (κ3) is 2.44. The summed E-state index contributed by atoms with van der Waals surface area (Å²) in [5.74, 6) is 1.54. The van der Waals surface area contributed by atoms with E-state index in [0.717, 1.165) is 17.4 Å². The molecule has 2 heteroatoms. The van der Waals surface area contributed by atoms with Crippen LogP contribution in [0.25, 0.3) is 10.9 Å². The zero-order valence-electron chi connectivity index (χ0n) is 11.8. The Morgan fingerprint density at radius 2 is 1.95 bits per heavy atom. The highest BCUT2D eigenvalue weighted by Gasteiger charge is 2.27. The van der Waals surface area contributed by atoms with Crippen LogP contribution < -0.4 is 5.32 Å². The van der Waals surface area contributed by atoms with Gasteiger partial charge in [-0.15, -0.1) is 0 Å². The normalized spacial score (nSPS) is 27.4. The highest BCUT2D eigenvalue weighted by molar-refractivity contribution is 5.90. The summed E-state index contributed by atoms with van der Waals surface area (Å²) >= 11 is 0. The fourth-order valence-corrected chi connectivity index (χ4v) is 3.21. The molecule has 1 aliphatic rings. The molecule has 1 saturated carbocycles. The largest absolute Gasteiger partial charge is 0.380 e. The van der Waals surface area contributed by atoms with E-state index in [-0.39, 0.29) is 0 Å². The van der Waals surface area contributed by atoms with Crippen LogP contribution in [0.2, 0.25) is 0 Å². The molecule has 3 atom stereocenters. The fourth-order valence-electron chi connectivity index (χ4n) is 3.21. The lowest BCUT2D eigenvalue weighted by Gasteiger charge is -2.35. The van der Waals surface area contributed by atoms with Crippen LogP contribution in [0.5, 0.6) is 0 Å². The van der Waals surface area contributed by atoms with Crippen LogP contribution in [0.1, 0.15) is 33.1 Å². The van der Waals surface area contributed by atoms with E-state index in [9.17, 15) is 0 Å². The lowest BCUT2D eigenvalue weighted by Crippen LogP contribution is -2.35. The second-order valence-electron chi connectivity index (χ2n) is 5.90. The molecule has 1 heterocycles. The first kappa shape index (κ1) is 12.5. The first-order chi connectivity index (χ1) is 9.25. The van der Waals surface area contributed by atoms with E-state index in [0.29, 0.717) is 6.04 Å². The molecule has 100 valence electrons. The van der Waals surface area contributed by atoms with Gasteiger partial charge in [-0.25, -0.2) is 0 Å². The van der Waals surface area contributed by atoms with Gasteiger partial charge in [-0.05, 0) is 30.4 Å². The maximum atomic E-state index is 4.53. The summed E-state index contributed by atoms with van der Waals surface area (Å²) in [4.78, 5) is 4.53. The molecule has 0 spiro atoms. The predicted molar refractivity (Wildman–Crippen MR) is 81.3 cm³/mol. The Morgan fingerprint density at radius 3 is 2.84 bits per heavy atom. The minimum atomic E-state index is 0.580. The second kappa shape index (κ2) is 5.20. The van der Waals surface area contributed by atoms with Gasteiger partial charge in [0, 0.05) is 17.6 Å². The average molecular weight is 254 g/mol. The summed E-state index contributed by atoms with van der Waals surface area (Å²) in [5, 5.41) is 4.95. The number of pyridine rings is 1. The third-order valence-corrected chi connectivity index (χ3v) is 4.68. The summed E-state index contributed by atoms with van der Waals surface area (Å²) in [6, 6.07) is 11.1. The molecular weight excluding hydrogens is 232 g/mol. The summed E-state index contributed by atoms with van der Waals surface area (Å²) < 4.78 is 0. The number of anilines is 1. The quantitative estimate of drug-likeness (QED) is 0.855. The van der Waals surface area contributed by atoms with Gasteiger partial charge in [0.25, 0.3) is 0 Å². The Kier molecular flexibility index (Phi) is 3.41. The number of hydrogen-bond acceptors (Lipinski definition) is 2. The van der Waals surface area contributed by atoms with Gasteiger partial charge in [-0.1, -0.05) is 44.9 Å². The molecule has 0 radical (unpaired) electrons. The fraction of sp³-hybridized carbons (Fsp3) is 0.471. The van der Waals surface area contributed by atoms with E-state index in [1.165, 1.54) is 30.3 Å². The van der Waals surface area contributed by atoms with Crippen molar-refractivity contribution in [2.75, 3.05) is 5.32 Å². The SMILES string of the molecule is CC1CCCC(Nc2cccc3cccnc23)C1C. The van der Waals surface area contributed by atoms with E-state index in [1.54, 1.807) is 0 Å². The van der Waals surface area contributed by atoms with Crippen LogP contribution in [0.15, 0.2) is 36.5 Å². The van der Waals surface area contributed by atoms with Crippen molar-refractivity contribution in [3.63, 3.8) is 0 Å². The molecule has 0 bridgehead atoms. The summed E-state index contributed by atoms with van der Waals surface area (Å²) in [6.07, 6.45) is 5.85. The Bertz CT molecular complexity index is 559. The molecule has 3 unspecified atom stereocenters. The second-order valence-corrected chi connectivity index (χ2v) is 5.90. The molecule has 0 saturated heterocycles. The van der Waals surface area contributed by atoms with Crippen molar-refractivity contribution < 1.29 is 0 Å². The van der Waals surface area contributed by atoms with Gasteiger partial charge < -0.3 is 5.32 Å². The number of fused-ring (bicyclic) bond motifs is 1. The van der Waals surface area contributed by atoms with Gasteiger partial charge in [0.1, 0.15) is 0 Å². The maximum Gasteiger partial charge on any atom is 0.0933 e. The van der Waals surface area contributed by atoms with Gasteiger partial charge in [0.05, 0.1) is 11.2 Å². The Balaban J connectivity index is 1.89. The summed E-state index contributed by atoms with van der Waals surface area (Å²) in [5.41, 5.74) is 2.28. The standard InChI is InChI=1S/C17H22N2/c1-12-6-3-9-15(13(12)2)19-16-10-4-7-14-8-5-11-18-17(14)16/h4-5,7-8,10-13,15,19H,3,6,9H2,1-2H3. The zero-order chi connectivity index (χ0) is 13.2. The number of aromatic nitrogens is 1. The van der Waals surface area contributed by atoms with Crippen LogP contribution in [-0.4, -0.2) is 11.0 Å². The van der Waals surface area contributed by atoms with Crippen LogP contribution in [0, 0.1) is 11.8 Å². The molecule has 1 fully saturated rings. The molecule has 2 nitrogen and oxygen atoms in total. The van der Waals surface area contributed by atoms with E-state index < -0.39 is 0 Å². The number of hydrogen-bond donors (Lipinski definition) is 1. The predicted octanol–water partition coefficient (Wildman–Crippen LogP) is 4.47. The molecular formula is C17H22N2. The minimum absolute atomic E-state index is 0.580. The molecule has 2 aromatic rings. The number of benzene rings is 1. The Labute approximate surface area is 115 Å². The summed E-state index contributed by atoms with van der Waals surface area (Å²) in [7, 11) is 0. The number of nitrogens with zero attached hydrogens (tertiary/aromatic N) is 1. The van der Waals surface area contributed by atoms with Crippen molar-refractivity contribution >= 4 is 16.6 Å². The smallest absolute Gasteiger partial charge is 0.0933 e. The maximum absolute atomic E-state index is 4.53. The first-order valence-electron chi connectivity index (χ1n) is 7.36. The average Bonchev–Trinajstić information content (AvgIpc) is 2.44. The van der Waals surface area contributed by atoms with E-state index in [1.807, 2.05) is 12.3 Å². The highest BCUT2D eigenvalue weighted by Crippen LogP contribution is 2.32. The van der Waals surface area contributed by atoms with Crippen LogP contribution in [0.4, 0.5) is 5.69 Å². The van der Waals surface area contributed by atoms with Crippen molar-refractivity contribution in [3.8, 4) is 0 Å². The molecule has 1 aromatic heterocycles. The van der Waals surface area contributed by atoms with E-state index in [2.05, 4.69) is 48.4 Å². The van der Waals surface area contributed by atoms with Gasteiger partial charge in [0.15, 0.2) is 0 Å². The van der Waals surface area contributed by atoms with Crippen molar-refractivity contribution in [3.05, 3.63) is 36.5 Å². The molecule has 1 aromatic carbocycles. The van der Waals surface area contributed by atoms with Gasteiger partial charge in [-0.3, -0.25) is 4.98 Å². The lowest BCUT2D eigenvalue weighted by molar-refractivity contribution is 0.253. The van der Waals surface area contributed by atoms with Crippen molar-refractivity contribution in [2.24, 2.45) is 11.8 Å². The van der Waals surface area contributed by atoms with Gasteiger partial charge in [0.2, 0.25) is 0 Å². The monoisotopic (exact) mass is 254 g/mol. The molecule has 0 amide bonds. The van der Waals surface area contributed by atoms with Crippen molar-refractivity contribution in [1.82, 2.24) is 4.98 Å². The van der Waals surface area contributed by atoms with Crippen LogP contribution >= 0.6 is 0 Å². The molecule has 19 heavy (non-hydrogen) atoms. The minimum Gasteiger partial charge on any atom is -0.380 e. The molecule has 1 N–H and O–H groups in total. The van der Waals surface area contributed by atoms with E-state index >= 15 is 0 Å². The molecule has 0 aliphatic heterocycles. The highest BCUT2D eigenvalue weighted by atomic mass is 14.9. The van der Waals surface area contributed by atoms with Crippen LogP contribution in [0.3, 0.4) is 0 Å². The van der Waals surface area contributed by atoms with Crippen LogP contribution in [-0.2, 0) is 0 Å². The van der Waals surface area contributed by atoms with Gasteiger partial charge >= 0.3 is 0 Å². The number of nitrogens with one attached hydrogen (secondary N) is 1. The number of rotatable bonds is 2. The first-order valence-corrected chi connectivity index (χ1v) is 7.36. The Morgan fingerprint density at radius 1 is 1.11 bits per heavy atom. The zero-order valence-corrected chi connectivity index (χ0v) is 11.8. The lowest BCUT2D eigenvalue weighted by atomic mass is 9.78. The topological polar surface area (TPSA) is 24.9 Å². The molecule has 3 rings (SSSR count). The third-order valence-electron chi connectivity index (χ3n) is 4.68. The molecule has 1 aliphatic carbocycles. The van der Waals surface area contributed by atoms with E-state index in [4.69, 9.17) is 0 Å². The van der Waals surface area contributed by atoms with Gasteiger partial charge in [-0.2, -0.15) is 0 Å². The van der Waals surface area contributed by atoms with Crippen molar-refractivity contribution in [2.45, 2.75) is 39.2 Å².